The zero-order valence-corrected chi connectivity index (χ0v) is 13.9. The fourth-order valence-corrected chi connectivity index (χ4v) is 3.20. The second-order valence-electron chi connectivity index (χ2n) is 6.09. The number of carbonyl (C=O) groups excluding carboxylic acids is 1. The summed E-state index contributed by atoms with van der Waals surface area (Å²) in [5.41, 5.74) is 0.938. The van der Waals surface area contributed by atoms with Crippen molar-refractivity contribution >= 4 is 27.5 Å². The second-order valence-corrected chi connectivity index (χ2v) is 6.09. The van der Waals surface area contributed by atoms with Crippen LogP contribution in [-0.2, 0) is 22.7 Å². The van der Waals surface area contributed by atoms with Gasteiger partial charge in [-0.25, -0.2) is 0 Å². The van der Waals surface area contributed by atoms with Crippen molar-refractivity contribution in [3.05, 3.63) is 72.3 Å². The number of rotatable bonds is 4. The molecule has 0 aliphatic heterocycles. The van der Waals surface area contributed by atoms with Crippen molar-refractivity contribution in [3.63, 3.8) is 0 Å². The first kappa shape index (κ1) is 16.0. The Morgan fingerprint density at radius 1 is 0.846 bits per heavy atom. The number of aromatic hydroxyl groups is 2. The molecule has 5 nitrogen and oxygen atoms in total. The molecule has 0 fully saturated rings. The first-order chi connectivity index (χ1) is 12.6. The van der Waals surface area contributed by atoms with E-state index in [0.717, 1.165) is 31.7 Å². The van der Waals surface area contributed by atoms with Gasteiger partial charge in [0, 0.05) is 17.7 Å². The number of esters is 1. The summed E-state index contributed by atoms with van der Waals surface area (Å²) in [4.78, 5) is 12.2. The minimum atomic E-state index is -0.538. The van der Waals surface area contributed by atoms with Crippen molar-refractivity contribution in [1.82, 2.24) is 4.57 Å². The highest BCUT2D eigenvalue weighted by atomic mass is 16.5. The lowest BCUT2D eigenvalue weighted by Gasteiger charge is -2.13. The molecule has 1 aromatic heterocycles. The fourth-order valence-electron chi connectivity index (χ4n) is 3.20. The van der Waals surface area contributed by atoms with Crippen molar-refractivity contribution in [3.8, 4) is 11.8 Å². The topological polar surface area (TPSA) is 71.7 Å². The SMILES string of the molecule is O=C(Cn1c(O)ccc1O)OCc1c2ccccc2cc2ccccc12. The molecule has 0 radical (unpaired) electrons. The summed E-state index contributed by atoms with van der Waals surface area (Å²) in [6, 6.07) is 20.7. The average Bonchev–Trinajstić information content (AvgIpc) is 2.97. The highest BCUT2D eigenvalue weighted by molar-refractivity contribution is 6.02. The molecule has 0 atom stereocenters. The molecule has 5 heteroatoms. The monoisotopic (exact) mass is 347 g/mol. The number of ether oxygens (including phenoxy) is 1. The molecule has 0 amide bonds. The molecule has 0 spiro atoms. The van der Waals surface area contributed by atoms with Gasteiger partial charge in [-0.1, -0.05) is 48.5 Å². The van der Waals surface area contributed by atoms with Crippen LogP contribution in [0.3, 0.4) is 0 Å². The third kappa shape index (κ3) is 2.84. The van der Waals surface area contributed by atoms with Gasteiger partial charge < -0.3 is 14.9 Å². The molecule has 0 aliphatic carbocycles. The Morgan fingerprint density at radius 2 is 1.38 bits per heavy atom. The predicted octanol–water partition coefficient (Wildman–Crippen LogP) is 3.95. The average molecular weight is 347 g/mol. The highest BCUT2D eigenvalue weighted by Crippen LogP contribution is 2.29. The van der Waals surface area contributed by atoms with Crippen LogP contribution in [0, 0.1) is 0 Å². The molecular weight excluding hydrogens is 330 g/mol. The van der Waals surface area contributed by atoms with E-state index in [2.05, 4.69) is 6.07 Å². The van der Waals surface area contributed by atoms with Crippen LogP contribution in [0.25, 0.3) is 21.5 Å². The summed E-state index contributed by atoms with van der Waals surface area (Å²) in [5.74, 6) is -0.908. The first-order valence-corrected chi connectivity index (χ1v) is 8.26. The van der Waals surface area contributed by atoms with E-state index < -0.39 is 5.97 Å². The zero-order chi connectivity index (χ0) is 18.1. The Hall–Kier alpha value is -3.47. The van der Waals surface area contributed by atoms with Crippen LogP contribution in [0.2, 0.25) is 0 Å². The van der Waals surface area contributed by atoms with E-state index in [1.807, 2.05) is 48.5 Å². The van der Waals surface area contributed by atoms with Gasteiger partial charge >= 0.3 is 5.97 Å². The minimum Gasteiger partial charge on any atom is -0.494 e. The van der Waals surface area contributed by atoms with E-state index in [9.17, 15) is 15.0 Å². The molecule has 4 rings (SSSR count). The highest BCUT2D eigenvalue weighted by Gasteiger charge is 2.14. The van der Waals surface area contributed by atoms with Gasteiger partial charge in [0.25, 0.3) is 0 Å². The second kappa shape index (κ2) is 6.44. The molecule has 0 saturated carbocycles. The maximum absolute atomic E-state index is 12.2. The maximum Gasteiger partial charge on any atom is 0.326 e. The Kier molecular flexibility index (Phi) is 3.97. The maximum atomic E-state index is 12.2. The lowest BCUT2D eigenvalue weighted by molar-refractivity contribution is -0.145. The molecule has 130 valence electrons. The van der Waals surface area contributed by atoms with Gasteiger partial charge in [-0.3, -0.25) is 9.36 Å². The van der Waals surface area contributed by atoms with Gasteiger partial charge in [-0.15, -0.1) is 0 Å². The Bertz CT molecular complexity index is 1040. The largest absolute Gasteiger partial charge is 0.494 e. The van der Waals surface area contributed by atoms with Gasteiger partial charge in [0.1, 0.15) is 13.2 Å². The minimum absolute atomic E-state index is 0.115. The summed E-state index contributed by atoms with van der Waals surface area (Å²) in [5, 5.41) is 23.5. The molecule has 4 aromatic rings. The van der Waals surface area contributed by atoms with E-state index in [4.69, 9.17) is 4.74 Å². The number of nitrogens with zero attached hydrogens (tertiary/aromatic N) is 1. The molecule has 1 heterocycles. The first-order valence-electron chi connectivity index (χ1n) is 8.26. The smallest absolute Gasteiger partial charge is 0.326 e. The van der Waals surface area contributed by atoms with Crippen molar-refractivity contribution in [2.75, 3.05) is 0 Å². The van der Waals surface area contributed by atoms with Crippen molar-refractivity contribution in [2.24, 2.45) is 0 Å². The zero-order valence-electron chi connectivity index (χ0n) is 13.9. The van der Waals surface area contributed by atoms with Crippen LogP contribution in [0.5, 0.6) is 11.8 Å². The summed E-state index contributed by atoms with van der Waals surface area (Å²) in [6.45, 7) is -0.142. The third-order valence-corrected chi connectivity index (χ3v) is 4.48. The molecule has 0 unspecified atom stereocenters. The normalized spacial score (nSPS) is 11.1. The number of hydrogen-bond acceptors (Lipinski definition) is 4. The van der Waals surface area contributed by atoms with Crippen LogP contribution in [0.15, 0.2) is 66.7 Å². The van der Waals surface area contributed by atoms with E-state index >= 15 is 0 Å². The van der Waals surface area contributed by atoms with Crippen LogP contribution in [0.1, 0.15) is 5.56 Å². The molecular formula is C21H17NO4. The standard InChI is InChI=1S/C21H17NO4/c23-19-9-10-20(24)22(19)12-21(25)26-13-18-16-7-3-1-5-14(16)11-15-6-2-4-8-17(15)18/h1-11,23-24H,12-13H2. The van der Waals surface area contributed by atoms with Gasteiger partial charge in [-0.05, 0) is 27.6 Å². The molecule has 0 aliphatic rings. The van der Waals surface area contributed by atoms with Crippen LogP contribution in [-0.4, -0.2) is 20.7 Å². The summed E-state index contributed by atoms with van der Waals surface area (Å²) < 4.78 is 6.53. The lowest BCUT2D eigenvalue weighted by Crippen LogP contribution is -2.13. The quantitative estimate of drug-likeness (QED) is 0.433. The van der Waals surface area contributed by atoms with Crippen molar-refractivity contribution in [2.45, 2.75) is 13.2 Å². The van der Waals surface area contributed by atoms with E-state index in [-0.39, 0.29) is 24.9 Å². The Balaban J connectivity index is 1.65. The van der Waals surface area contributed by atoms with Crippen LogP contribution >= 0.6 is 0 Å². The van der Waals surface area contributed by atoms with Crippen molar-refractivity contribution < 1.29 is 19.7 Å². The van der Waals surface area contributed by atoms with Gasteiger partial charge in [0.2, 0.25) is 0 Å². The number of hydrogen-bond donors (Lipinski definition) is 2. The van der Waals surface area contributed by atoms with Crippen molar-refractivity contribution in [1.29, 1.82) is 0 Å². The molecule has 0 saturated heterocycles. The number of aromatic nitrogens is 1. The molecule has 2 N–H and O–H groups in total. The summed E-state index contributed by atoms with van der Waals surface area (Å²) in [6.07, 6.45) is 0. The van der Waals surface area contributed by atoms with Gasteiger partial charge in [-0.2, -0.15) is 0 Å². The Morgan fingerprint density at radius 3 is 1.96 bits per heavy atom. The predicted molar refractivity (Wildman–Crippen MR) is 99.0 cm³/mol. The molecule has 26 heavy (non-hydrogen) atoms. The number of fused-ring (bicyclic) bond motifs is 2. The van der Waals surface area contributed by atoms with Gasteiger partial charge in [0.15, 0.2) is 11.8 Å². The van der Waals surface area contributed by atoms with Gasteiger partial charge in [0.05, 0.1) is 0 Å². The molecule has 3 aromatic carbocycles. The number of benzene rings is 3. The van der Waals surface area contributed by atoms with Crippen LogP contribution < -0.4 is 0 Å². The van der Waals surface area contributed by atoms with E-state index in [0.29, 0.717) is 0 Å². The Labute approximate surface area is 149 Å². The fraction of sp³-hybridized carbons (Fsp3) is 0.0952. The summed E-state index contributed by atoms with van der Waals surface area (Å²) >= 11 is 0. The van der Waals surface area contributed by atoms with Crippen LogP contribution in [0.4, 0.5) is 0 Å². The third-order valence-electron chi connectivity index (χ3n) is 4.48. The summed E-state index contributed by atoms with van der Waals surface area (Å²) in [7, 11) is 0. The van der Waals surface area contributed by atoms with E-state index in [1.165, 1.54) is 12.1 Å². The lowest BCUT2D eigenvalue weighted by atomic mass is 9.97. The number of carbonyl (C=O) groups is 1. The molecule has 0 bridgehead atoms. The van der Waals surface area contributed by atoms with E-state index in [1.54, 1.807) is 0 Å².